The highest BCUT2D eigenvalue weighted by atomic mass is 16.3. The van der Waals surface area contributed by atoms with Crippen LogP contribution in [0.4, 0.5) is 17.1 Å². The Kier molecular flexibility index (Phi) is 12.2. The van der Waals surface area contributed by atoms with Crippen LogP contribution in [0.25, 0.3) is 65.7 Å². The van der Waals surface area contributed by atoms with Crippen molar-refractivity contribution in [3.63, 3.8) is 0 Å². The third-order valence-corrected chi connectivity index (χ3v) is 14.8. The highest BCUT2D eigenvalue weighted by molar-refractivity contribution is 6.07. The van der Waals surface area contributed by atoms with Gasteiger partial charge in [-0.15, -0.1) is 0 Å². The lowest BCUT2D eigenvalue weighted by Crippen LogP contribution is -2.29. The summed E-state index contributed by atoms with van der Waals surface area (Å²) in [5.41, 5.74) is 18.9. The van der Waals surface area contributed by atoms with Gasteiger partial charge in [-0.25, -0.2) is 0 Å². The van der Waals surface area contributed by atoms with E-state index in [2.05, 4.69) is 256 Å². The summed E-state index contributed by atoms with van der Waals surface area (Å²) < 4.78 is 5.73. The average Bonchev–Trinajstić information content (AvgIpc) is 4.01. The minimum atomic E-state index is -0.515. The largest absolute Gasteiger partial charge is 0.456 e. The molecule has 0 unspecified atom stereocenters. The molecule has 0 saturated carbocycles. The van der Waals surface area contributed by atoms with Crippen LogP contribution < -0.4 is 4.90 Å². The SMILES string of the molecule is Cc1cc2c(c3ccccc13)-c1ccc(N(c3ccccc3)c3ccc(-c4cccc5ccccc45)cc3)cc1C2(c1ccccc1)c1ccccc1.Cc1cccc2oc3ccccc3c12.Cc1ccccc1. The number of para-hydroxylation sites is 2. The van der Waals surface area contributed by atoms with Gasteiger partial charge in [-0.1, -0.05) is 236 Å². The summed E-state index contributed by atoms with van der Waals surface area (Å²) in [6.45, 7) is 6.46. The molecule has 1 aliphatic rings. The second-order valence-corrected chi connectivity index (χ2v) is 19.3. The molecule has 74 heavy (non-hydrogen) atoms. The first-order valence-corrected chi connectivity index (χ1v) is 25.6. The van der Waals surface area contributed by atoms with Gasteiger partial charge >= 0.3 is 0 Å². The summed E-state index contributed by atoms with van der Waals surface area (Å²) in [7, 11) is 0. The predicted molar refractivity (Wildman–Crippen MR) is 313 cm³/mol. The van der Waals surface area contributed by atoms with Crippen molar-refractivity contribution in [2.45, 2.75) is 26.2 Å². The van der Waals surface area contributed by atoms with E-state index in [1.54, 1.807) is 0 Å². The number of hydrogen-bond donors (Lipinski definition) is 0. The van der Waals surface area contributed by atoms with E-state index in [0.29, 0.717) is 0 Å². The van der Waals surface area contributed by atoms with Crippen LogP contribution in [0.1, 0.15) is 38.9 Å². The number of anilines is 3. The zero-order valence-corrected chi connectivity index (χ0v) is 41.9. The lowest BCUT2D eigenvalue weighted by atomic mass is 9.67. The molecule has 2 heteroatoms. The van der Waals surface area contributed by atoms with Crippen LogP contribution in [0.15, 0.2) is 283 Å². The highest BCUT2D eigenvalue weighted by Gasteiger charge is 2.47. The molecule has 0 spiro atoms. The van der Waals surface area contributed by atoms with Gasteiger partial charge < -0.3 is 9.32 Å². The Labute approximate surface area is 434 Å². The first kappa shape index (κ1) is 45.9. The molecule has 13 aromatic rings. The quantitative estimate of drug-likeness (QED) is 0.165. The van der Waals surface area contributed by atoms with Crippen LogP contribution in [-0.4, -0.2) is 0 Å². The number of rotatable bonds is 6. The van der Waals surface area contributed by atoms with Gasteiger partial charge in [0.25, 0.3) is 0 Å². The van der Waals surface area contributed by atoms with Crippen molar-refractivity contribution in [1.29, 1.82) is 0 Å². The number of hydrogen-bond acceptors (Lipinski definition) is 2. The minimum Gasteiger partial charge on any atom is -0.456 e. The molecule has 12 aromatic carbocycles. The van der Waals surface area contributed by atoms with E-state index in [0.717, 1.165) is 28.2 Å². The van der Waals surface area contributed by atoms with E-state index in [9.17, 15) is 0 Å². The van der Waals surface area contributed by atoms with Crippen LogP contribution in [0.5, 0.6) is 0 Å². The maximum absolute atomic E-state index is 5.73. The first-order valence-electron chi connectivity index (χ1n) is 25.6. The molecule has 0 N–H and O–H groups in total. The molecule has 0 saturated heterocycles. The van der Waals surface area contributed by atoms with Crippen molar-refractivity contribution in [2.75, 3.05) is 4.90 Å². The molecular formula is C72H55NO. The molecule has 0 bridgehead atoms. The fourth-order valence-corrected chi connectivity index (χ4v) is 11.4. The van der Waals surface area contributed by atoms with E-state index in [1.165, 1.54) is 93.5 Å². The van der Waals surface area contributed by atoms with Crippen LogP contribution in [0.2, 0.25) is 0 Å². The smallest absolute Gasteiger partial charge is 0.135 e. The molecule has 1 heterocycles. The Morgan fingerprint density at radius 1 is 0.338 bits per heavy atom. The molecule has 354 valence electrons. The Morgan fingerprint density at radius 3 is 1.54 bits per heavy atom. The van der Waals surface area contributed by atoms with Crippen LogP contribution in [0, 0.1) is 20.8 Å². The monoisotopic (exact) mass is 949 g/mol. The normalized spacial score (nSPS) is 12.1. The van der Waals surface area contributed by atoms with Crippen molar-refractivity contribution in [1.82, 2.24) is 0 Å². The molecular weight excluding hydrogens is 895 g/mol. The first-order chi connectivity index (χ1) is 36.5. The maximum atomic E-state index is 5.73. The van der Waals surface area contributed by atoms with Crippen molar-refractivity contribution in [2.24, 2.45) is 0 Å². The second-order valence-electron chi connectivity index (χ2n) is 19.3. The van der Waals surface area contributed by atoms with Gasteiger partial charge in [0.1, 0.15) is 11.2 Å². The van der Waals surface area contributed by atoms with Gasteiger partial charge in [0.05, 0.1) is 5.41 Å². The van der Waals surface area contributed by atoms with E-state index in [-0.39, 0.29) is 0 Å². The number of nitrogens with zero attached hydrogens (tertiary/aromatic N) is 1. The molecule has 0 fully saturated rings. The lowest BCUT2D eigenvalue weighted by Gasteiger charge is -2.35. The standard InChI is InChI=1S/C52H37N.C13H10O.C7H8/c1-36-34-50-51(47-26-14-13-24-44(36)47)48-33-32-43(35-49(48)52(50,39-18-5-2-6-19-39)40-20-7-3-8-21-40)53(41-22-9-4-10-23-41)42-30-28-38(29-31-42)46-27-15-17-37-16-11-12-25-45(37)46;1-9-5-4-8-12-13(9)10-6-2-3-7-11(10)14-12;1-7-5-3-2-4-6-7/h2-35H,1H3;2-8H,1H3;2-6H,1H3. The van der Waals surface area contributed by atoms with Gasteiger partial charge in [-0.05, 0) is 146 Å². The number of fused-ring (bicyclic) bond motifs is 9. The summed E-state index contributed by atoms with van der Waals surface area (Å²) in [4.78, 5) is 2.40. The molecule has 2 nitrogen and oxygen atoms in total. The molecule has 14 rings (SSSR count). The number of aryl methyl sites for hydroxylation is 3. The molecule has 0 aliphatic heterocycles. The summed E-state index contributed by atoms with van der Waals surface area (Å²) in [5, 5.41) is 7.57. The number of benzene rings is 12. The third kappa shape index (κ3) is 8.21. The van der Waals surface area contributed by atoms with Gasteiger partial charge in [0.2, 0.25) is 0 Å². The number of furan rings is 1. The van der Waals surface area contributed by atoms with Gasteiger partial charge in [-0.3, -0.25) is 0 Å². The van der Waals surface area contributed by atoms with Crippen molar-refractivity contribution in [3.8, 4) is 22.3 Å². The predicted octanol–water partition coefficient (Wildman–Crippen LogP) is 19.7. The van der Waals surface area contributed by atoms with Crippen LogP contribution >= 0.6 is 0 Å². The topological polar surface area (TPSA) is 16.4 Å². The van der Waals surface area contributed by atoms with E-state index < -0.39 is 5.41 Å². The Balaban J connectivity index is 0.000000217. The Bertz CT molecular complexity index is 4040. The fourth-order valence-electron chi connectivity index (χ4n) is 11.4. The third-order valence-electron chi connectivity index (χ3n) is 14.8. The Morgan fingerprint density at radius 2 is 0.865 bits per heavy atom. The minimum absolute atomic E-state index is 0.515. The molecule has 1 aromatic heterocycles. The van der Waals surface area contributed by atoms with Crippen molar-refractivity contribution < 1.29 is 4.42 Å². The summed E-state index contributed by atoms with van der Waals surface area (Å²) in [5.74, 6) is 0. The molecule has 1 aliphatic carbocycles. The van der Waals surface area contributed by atoms with Crippen LogP contribution in [-0.2, 0) is 5.41 Å². The summed E-state index contributed by atoms with van der Waals surface area (Å²) >= 11 is 0. The lowest BCUT2D eigenvalue weighted by molar-refractivity contribution is 0.669. The summed E-state index contributed by atoms with van der Waals surface area (Å²) in [6.07, 6.45) is 0. The Hall–Kier alpha value is -9.24. The van der Waals surface area contributed by atoms with Gasteiger partial charge in [0, 0.05) is 27.8 Å². The molecule has 0 atom stereocenters. The summed E-state index contributed by atoms with van der Waals surface area (Å²) in [6, 6.07) is 100. The second kappa shape index (κ2) is 19.8. The highest BCUT2D eigenvalue weighted by Crippen LogP contribution is 2.59. The zero-order valence-electron chi connectivity index (χ0n) is 41.9. The van der Waals surface area contributed by atoms with E-state index >= 15 is 0 Å². The van der Waals surface area contributed by atoms with Gasteiger partial charge in [0.15, 0.2) is 0 Å². The zero-order chi connectivity index (χ0) is 50.0. The van der Waals surface area contributed by atoms with Gasteiger partial charge in [-0.2, -0.15) is 0 Å². The van der Waals surface area contributed by atoms with E-state index in [1.807, 2.05) is 48.5 Å². The van der Waals surface area contributed by atoms with Crippen molar-refractivity contribution in [3.05, 3.63) is 318 Å². The fraction of sp³-hybridized carbons (Fsp3) is 0.0556. The molecule has 0 radical (unpaired) electrons. The molecule has 0 amide bonds. The maximum Gasteiger partial charge on any atom is 0.135 e. The van der Waals surface area contributed by atoms with E-state index in [4.69, 9.17) is 4.42 Å². The average molecular weight is 950 g/mol. The van der Waals surface area contributed by atoms with Crippen LogP contribution in [0.3, 0.4) is 0 Å². The van der Waals surface area contributed by atoms with Crippen molar-refractivity contribution >= 4 is 60.5 Å².